The molecular weight excluding hydrogens is 528 g/mol. The molecule has 2 aliphatic carbocycles. The topological polar surface area (TPSA) is 78.9 Å². The number of unbranched alkanes of at least 4 members (excludes halogenated alkanes) is 3. The lowest BCUT2D eigenvalue weighted by Gasteiger charge is -2.19. The van der Waals surface area contributed by atoms with Crippen molar-refractivity contribution in [2.24, 2.45) is 5.92 Å². The normalized spacial score (nSPS) is 25.1. The monoisotopic (exact) mass is 576 g/mol. The van der Waals surface area contributed by atoms with Gasteiger partial charge in [-0.1, -0.05) is 82.9 Å². The molecule has 0 bridgehead atoms. The van der Waals surface area contributed by atoms with Crippen molar-refractivity contribution < 1.29 is 28.6 Å². The Morgan fingerprint density at radius 1 is 0.762 bits per heavy atom. The largest absolute Gasteiger partial charge is 0.458 e. The summed E-state index contributed by atoms with van der Waals surface area (Å²) in [5.74, 6) is 0.0948. The predicted octanol–water partition coefficient (Wildman–Crippen LogP) is 8.67. The van der Waals surface area contributed by atoms with E-state index in [1.807, 2.05) is 30.3 Å². The van der Waals surface area contributed by atoms with Gasteiger partial charge in [0.1, 0.15) is 18.3 Å². The zero-order valence-electron chi connectivity index (χ0n) is 25.7. The molecular formula is C36H48O6. The first-order valence-electron chi connectivity index (χ1n) is 16.3. The van der Waals surface area contributed by atoms with Gasteiger partial charge in [0, 0.05) is 17.1 Å². The lowest BCUT2D eigenvalue weighted by molar-refractivity contribution is -0.140. The number of benzene rings is 1. The van der Waals surface area contributed by atoms with Crippen LogP contribution in [-0.2, 0) is 23.8 Å². The fraction of sp³-hybridized carbons (Fsp3) is 0.583. The first-order chi connectivity index (χ1) is 20.5. The zero-order valence-corrected chi connectivity index (χ0v) is 25.7. The van der Waals surface area contributed by atoms with E-state index < -0.39 is 0 Å². The van der Waals surface area contributed by atoms with Crippen molar-refractivity contribution in [2.75, 3.05) is 0 Å². The summed E-state index contributed by atoms with van der Waals surface area (Å²) < 4.78 is 16.0. The van der Waals surface area contributed by atoms with Gasteiger partial charge in [-0.3, -0.25) is 0 Å². The zero-order chi connectivity index (χ0) is 29.9. The van der Waals surface area contributed by atoms with Crippen molar-refractivity contribution in [1.82, 2.24) is 0 Å². The number of rotatable bonds is 9. The van der Waals surface area contributed by atoms with Crippen molar-refractivity contribution in [3.05, 3.63) is 70.3 Å². The molecule has 0 saturated carbocycles. The lowest BCUT2D eigenvalue weighted by Crippen LogP contribution is -2.18. The number of cyclic esters (lactones) is 3. The summed E-state index contributed by atoms with van der Waals surface area (Å²) in [7, 11) is 0. The molecule has 1 saturated heterocycles. The van der Waals surface area contributed by atoms with Crippen molar-refractivity contribution >= 4 is 17.9 Å². The molecule has 3 aliphatic heterocycles. The van der Waals surface area contributed by atoms with E-state index >= 15 is 0 Å². The van der Waals surface area contributed by atoms with Gasteiger partial charge in [-0.2, -0.15) is 0 Å². The third kappa shape index (κ3) is 7.81. The molecule has 6 nitrogen and oxygen atoms in total. The van der Waals surface area contributed by atoms with Gasteiger partial charge in [0.2, 0.25) is 0 Å². The highest BCUT2D eigenvalue weighted by Gasteiger charge is 2.39. The van der Waals surface area contributed by atoms with Crippen LogP contribution in [0.1, 0.15) is 133 Å². The standard InChI is InChI=1S/C12H18O2.C12H16O2.C12H14O2/c3*1-2-3-8-11-9-6-4-5-7-10(9)12(13)14-11/h7,9,11H,2-6,8H2,1H3;5,7,11H,2-4,6,8H2,1H3;4-7,11H,2-3,8H2,1H3. The van der Waals surface area contributed by atoms with Crippen molar-refractivity contribution in [3.8, 4) is 0 Å². The highest BCUT2D eigenvalue weighted by atomic mass is 16.6. The summed E-state index contributed by atoms with van der Waals surface area (Å²) in [6.45, 7) is 6.48. The van der Waals surface area contributed by atoms with Crippen LogP contribution in [0.3, 0.4) is 0 Å². The molecule has 5 aliphatic rings. The summed E-state index contributed by atoms with van der Waals surface area (Å²) in [5.41, 5.74) is 4.85. The van der Waals surface area contributed by atoms with E-state index in [9.17, 15) is 14.4 Å². The molecule has 42 heavy (non-hydrogen) atoms. The lowest BCUT2D eigenvalue weighted by atomic mass is 9.84. The van der Waals surface area contributed by atoms with Gasteiger partial charge >= 0.3 is 17.9 Å². The quantitative estimate of drug-likeness (QED) is 0.216. The van der Waals surface area contributed by atoms with Crippen LogP contribution in [0, 0.1) is 5.92 Å². The van der Waals surface area contributed by atoms with Crippen LogP contribution in [0.4, 0.5) is 0 Å². The Hall–Kier alpha value is -3.15. The van der Waals surface area contributed by atoms with Gasteiger partial charge in [0.25, 0.3) is 0 Å². The Morgan fingerprint density at radius 2 is 1.45 bits per heavy atom. The Morgan fingerprint density at radius 3 is 2.21 bits per heavy atom. The summed E-state index contributed by atoms with van der Waals surface area (Å²) >= 11 is 0. The van der Waals surface area contributed by atoms with E-state index in [-0.39, 0.29) is 36.2 Å². The summed E-state index contributed by atoms with van der Waals surface area (Å²) in [4.78, 5) is 34.4. The Kier molecular flexibility index (Phi) is 12.0. The average Bonchev–Trinajstić information content (AvgIpc) is 3.65. The van der Waals surface area contributed by atoms with Crippen molar-refractivity contribution in [1.29, 1.82) is 0 Å². The number of carbonyl (C=O) groups excluding carboxylic acids is 3. The molecule has 1 aromatic rings. The molecule has 4 unspecified atom stereocenters. The maximum atomic E-state index is 11.5. The number of carbonyl (C=O) groups is 3. The summed E-state index contributed by atoms with van der Waals surface area (Å²) in [6, 6.07) is 7.66. The Balaban J connectivity index is 0.000000145. The molecule has 0 radical (unpaired) electrons. The molecule has 0 amide bonds. The fourth-order valence-electron chi connectivity index (χ4n) is 6.40. The van der Waals surface area contributed by atoms with Crippen molar-refractivity contribution in [3.63, 3.8) is 0 Å². The Bertz CT molecular complexity index is 1190. The molecule has 0 aromatic heterocycles. The first kappa shape index (κ1) is 31.8. The second-order valence-corrected chi connectivity index (χ2v) is 11.8. The summed E-state index contributed by atoms with van der Waals surface area (Å²) in [6.07, 6.45) is 21.7. The van der Waals surface area contributed by atoms with Crippen LogP contribution in [0.15, 0.2) is 59.2 Å². The first-order valence-corrected chi connectivity index (χ1v) is 16.3. The van der Waals surface area contributed by atoms with Crippen LogP contribution >= 0.6 is 0 Å². The molecule has 1 fully saturated rings. The minimum Gasteiger partial charge on any atom is -0.458 e. The number of esters is 3. The maximum Gasteiger partial charge on any atom is 0.339 e. The smallest absolute Gasteiger partial charge is 0.339 e. The molecule has 1 aromatic carbocycles. The van der Waals surface area contributed by atoms with Crippen LogP contribution in [-0.4, -0.2) is 30.1 Å². The number of ether oxygens (including phenoxy) is 3. The highest BCUT2D eigenvalue weighted by Crippen LogP contribution is 2.38. The van der Waals surface area contributed by atoms with Crippen LogP contribution in [0.2, 0.25) is 0 Å². The van der Waals surface area contributed by atoms with Crippen LogP contribution in [0.5, 0.6) is 0 Å². The molecule has 228 valence electrons. The number of hydrogen-bond acceptors (Lipinski definition) is 6. The second kappa shape index (κ2) is 15.9. The molecule has 6 heteroatoms. The van der Waals surface area contributed by atoms with Gasteiger partial charge in [-0.05, 0) is 75.8 Å². The second-order valence-electron chi connectivity index (χ2n) is 11.8. The number of fused-ring (bicyclic) bond motifs is 2. The van der Waals surface area contributed by atoms with Crippen LogP contribution < -0.4 is 0 Å². The minimum atomic E-state index is -0.165. The number of allylic oxidation sites excluding steroid dienone is 2. The van der Waals surface area contributed by atoms with Gasteiger partial charge in [0.15, 0.2) is 0 Å². The van der Waals surface area contributed by atoms with E-state index in [1.54, 1.807) is 0 Å². The Labute approximate surface area is 251 Å². The third-order valence-electron chi connectivity index (χ3n) is 8.75. The van der Waals surface area contributed by atoms with Crippen LogP contribution in [0.25, 0.3) is 0 Å². The molecule has 3 heterocycles. The predicted molar refractivity (Wildman–Crippen MR) is 164 cm³/mol. The van der Waals surface area contributed by atoms with E-state index in [4.69, 9.17) is 14.2 Å². The molecule has 0 N–H and O–H groups in total. The SMILES string of the molecule is CCCCC1OC(=O)C2=C1CCC=C2.CCCCC1OC(=O)C2=CCCCC21.CCCCC1OC(=O)c2ccccc21. The molecule has 4 atom stereocenters. The van der Waals surface area contributed by atoms with E-state index in [0.29, 0.717) is 5.92 Å². The van der Waals surface area contributed by atoms with Gasteiger partial charge in [-0.25, -0.2) is 14.4 Å². The van der Waals surface area contributed by atoms with E-state index in [0.717, 1.165) is 92.9 Å². The molecule has 0 spiro atoms. The highest BCUT2D eigenvalue weighted by molar-refractivity contribution is 5.95. The van der Waals surface area contributed by atoms with E-state index in [2.05, 4.69) is 32.9 Å². The van der Waals surface area contributed by atoms with E-state index in [1.165, 1.54) is 24.8 Å². The third-order valence-corrected chi connectivity index (χ3v) is 8.75. The van der Waals surface area contributed by atoms with Gasteiger partial charge in [-0.15, -0.1) is 0 Å². The maximum absolute atomic E-state index is 11.5. The van der Waals surface area contributed by atoms with Crippen molar-refractivity contribution in [2.45, 2.75) is 129 Å². The molecule has 6 rings (SSSR count). The van der Waals surface area contributed by atoms with Gasteiger partial charge in [0.05, 0.1) is 11.1 Å². The summed E-state index contributed by atoms with van der Waals surface area (Å²) in [5, 5.41) is 0. The minimum absolute atomic E-state index is 0.00125. The number of hydrogen-bond donors (Lipinski definition) is 0. The average molecular weight is 577 g/mol. The van der Waals surface area contributed by atoms with Gasteiger partial charge < -0.3 is 14.2 Å². The fourth-order valence-corrected chi connectivity index (χ4v) is 6.40.